The molecule has 0 amide bonds. The second kappa shape index (κ2) is 4.23. The van der Waals surface area contributed by atoms with Crippen molar-refractivity contribution in [3.8, 4) is 17.4 Å². The maximum Gasteiger partial charge on any atom is 0.133 e. The molecular weight excluding hydrogens is 224 g/mol. The molecule has 0 atom stereocenters. The van der Waals surface area contributed by atoms with Gasteiger partial charge in [0.05, 0.1) is 12.3 Å². The van der Waals surface area contributed by atoms with E-state index < -0.39 is 0 Å². The average molecular weight is 238 g/mol. The first-order chi connectivity index (χ1) is 8.81. The van der Waals surface area contributed by atoms with E-state index in [2.05, 4.69) is 11.4 Å². The number of hydrogen-bond acceptors (Lipinski definition) is 3. The highest BCUT2D eigenvalue weighted by molar-refractivity contribution is 5.62. The molecule has 1 N–H and O–H groups in total. The SMILES string of the molecule is N#CC1(Nc2ccc(-c3ccco3)cc2)CCC1. The zero-order valence-corrected chi connectivity index (χ0v) is 10.0. The lowest BCUT2D eigenvalue weighted by Gasteiger charge is -2.36. The van der Waals surface area contributed by atoms with E-state index in [1.807, 2.05) is 36.4 Å². The van der Waals surface area contributed by atoms with E-state index in [0.717, 1.165) is 36.3 Å². The molecule has 1 aromatic heterocycles. The topological polar surface area (TPSA) is 49.0 Å². The standard InChI is InChI=1S/C15H14N2O/c16-11-15(8-2-9-15)17-13-6-4-12(5-7-13)14-3-1-10-18-14/h1,3-7,10,17H,2,8-9H2. The molecule has 1 saturated carbocycles. The van der Waals surface area contributed by atoms with E-state index in [0.29, 0.717) is 0 Å². The summed E-state index contributed by atoms with van der Waals surface area (Å²) >= 11 is 0. The van der Waals surface area contributed by atoms with Crippen LogP contribution in [0.4, 0.5) is 5.69 Å². The molecule has 1 heterocycles. The first-order valence-corrected chi connectivity index (χ1v) is 6.15. The predicted octanol–water partition coefficient (Wildman–Crippen LogP) is 3.80. The Morgan fingerprint density at radius 3 is 2.44 bits per heavy atom. The molecular formula is C15H14N2O. The molecule has 3 nitrogen and oxygen atoms in total. The fourth-order valence-electron chi connectivity index (χ4n) is 2.23. The van der Waals surface area contributed by atoms with Crippen molar-refractivity contribution in [2.75, 3.05) is 5.32 Å². The molecule has 0 unspecified atom stereocenters. The van der Waals surface area contributed by atoms with Crippen molar-refractivity contribution < 1.29 is 4.42 Å². The van der Waals surface area contributed by atoms with Gasteiger partial charge in [0.15, 0.2) is 0 Å². The highest BCUT2D eigenvalue weighted by Gasteiger charge is 2.36. The number of rotatable bonds is 3. The monoisotopic (exact) mass is 238 g/mol. The smallest absolute Gasteiger partial charge is 0.133 e. The van der Waals surface area contributed by atoms with Gasteiger partial charge in [0.1, 0.15) is 11.3 Å². The van der Waals surface area contributed by atoms with Gasteiger partial charge < -0.3 is 9.73 Å². The van der Waals surface area contributed by atoms with E-state index in [1.54, 1.807) is 6.26 Å². The minimum atomic E-state index is -0.341. The molecule has 0 aliphatic heterocycles. The second-order valence-corrected chi connectivity index (χ2v) is 4.73. The predicted molar refractivity (Wildman–Crippen MR) is 70.0 cm³/mol. The highest BCUT2D eigenvalue weighted by atomic mass is 16.3. The maximum atomic E-state index is 9.18. The van der Waals surface area contributed by atoms with E-state index in [9.17, 15) is 5.26 Å². The molecule has 0 saturated heterocycles. The number of furan rings is 1. The van der Waals surface area contributed by atoms with Crippen LogP contribution in [0.25, 0.3) is 11.3 Å². The summed E-state index contributed by atoms with van der Waals surface area (Å²) in [4.78, 5) is 0. The first kappa shape index (κ1) is 10.9. The van der Waals surface area contributed by atoms with E-state index >= 15 is 0 Å². The number of hydrogen-bond donors (Lipinski definition) is 1. The van der Waals surface area contributed by atoms with Gasteiger partial charge in [-0.05, 0) is 55.7 Å². The van der Waals surface area contributed by atoms with Crippen molar-refractivity contribution in [2.24, 2.45) is 0 Å². The molecule has 1 aromatic carbocycles. The Morgan fingerprint density at radius 1 is 1.17 bits per heavy atom. The van der Waals surface area contributed by atoms with Gasteiger partial charge in [-0.2, -0.15) is 5.26 Å². The Morgan fingerprint density at radius 2 is 1.94 bits per heavy atom. The van der Waals surface area contributed by atoms with Crippen LogP contribution in [-0.4, -0.2) is 5.54 Å². The summed E-state index contributed by atoms with van der Waals surface area (Å²) in [7, 11) is 0. The third kappa shape index (κ3) is 1.86. The van der Waals surface area contributed by atoms with Gasteiger partial charge >= 0.3 is 0 Å². The Kier molecular flexibility index (Phi) is 2.56. The molecule has 3 heteroatoms. The molecule has 2 aromatic rings. The lowest BCUT2D eigenvalue weighted by molar-refractivity contribution is 0.356. The minimum Gasteiger partial charge on any atom is -0.464 e. The van der Waals surface area contributed by atoms with Gasteiger partial charge in [-0.1, -0.05) is 0 Å². The van der Waals surface area contributed by atoms with Gasteiger partial charge in [-0.25, -0.2) is 0 Å². The summed E-state index contributed by atoms with van der Waals surface area (Å²) in [6.45, 7) is 0. The fourth-order valence-corrected chi connectivity index (χ4v) is 2.23. The Hall–Kier alpha value is -2.21. The van der Waals surface area contributed by atoms with Crippen LogP contribution in [0.5, 0.6) is 0 Å². The lowest BCUT2D eigenvalue weighted by atomic mass is 9.78. The Bertz CT molecular complexity index is 560. The number of anilines is 1. The third-order valence-corrected chi connectivity index (χ3v) is 3.50. The summed E-state index contributed by atoms with van der Waals surface area (Å²) in [5.41, 5.74) is 1.70. The van der Waals surface area contributed by atoms with Crippen LogP contribution < -0.4 is 5.32 Å². The van der Waals surface area contributed by atoms with Crippen molar-refractivity contribution in [2.45, 2.75) is 24.8 Å². The largest absolute Gasteiger partial charge is 0.464 e. The molecule has 0 radical (unpaired) electrons. The molecule has 1 aliphatic carbocycles. The minimum absolute atomic E-state index is 0.341. The van der Waals surface area contributed by atoms with Crippen LogP contribution in [0.3, 0.4) is 0 Å². The van der Waals surface area contributed by atoms with E-state index in [1.165, 1.54) is 0 Å². The van der Waals surface area contributed by atoms with Gasteiger partial charge in [-0.3, -0.25) is 0 Å². The van der Waals surface area contributed by atoms with Crippen LogP contribution in [0, 0.1) is 11.3 Å². The molecule has 90 valence electrons. The Balaban J connectivity index is 1.78. The van der Waals surface area contributed by atoms with Crippen molar-refractivity contribution in [1.29, 1.82) is 5.26 Å². The summed E-state index contributed by atoms with van der Waals surface area (Å²) in [6.07, 6.45) is 4.67. The summed E-state index contributed by atoms with van der Waals surface area (Å²) in [5.74, 6) is 0.861. The second-order valence-electron chi connectivity index (χ2n) is 4.73. The van der Waals surface area contributed by atoms with Crippen LogP contribution >= 0.6 is 0 Å². The number of nitrogens with zero attached hydrogens (tertiary/aromatic N) is 1. The van der Waals surface area contributed by atoms with Gasteiger partial charge in [0.2, 0.25) is 0 Å². The van der Waals surface area contributed by atoms with Crippen molar-refractivity contribution in [3.05, 3.63) is 42.7 Å². The molecule has 3 rings (SSSR count). The van der Waals surface area contributed by atoms with E-state index in [4.69, 9.17) is 4.42 Å². The molecule has 0 bridgehead atoms. The third-order valence-electron chi connectivity index (χ3n) is 3.50. The zero-order valence-electron chi connectivity index (χ0n) is 10.0. The van der Waals surface area contributed by atoms with Crippen LogP contribution in [0.15, 0.2) is 47.1 Å². The summed E-state index contributed by atoms with van der Waals surface area (Å²) in [6, 6.07) is 14.2. The summed E-state index contributed by atoms with van der Waals surface area (Å²) < 4.78 is 5.34. The number of benzene rings is 1. The van der Waals surface area contributed by atoms with Crippen LogP contribution in [-0.2, 0) is 0 Å². The van der Waals surface area contributed by atoms with Crippen molar-refractivity contribution >= 4 is 5.69 Å². The molecule has 0 spiro atoms. The maximum absolute atomic E-state index is 9.18. The van der Waals surface area contributed by atoms with E-state index in [-0.39, 0.29) is 5.54 Å². The highest BCUT2D eigenvalue weighted by Crippen LogP contribution is 2.35. The lowest BCUT2D eigenvalue weighted by Crippen LogP contribution is -2.43. The molecule has 18 heavy (non-hydrogen) atoms. The van der Waals surface area contributed by atoms with Gasteiger partial charge in [0, 0.05) is 11.3 Å². The Labute approximate surface area is 106 Å². The summed E-state index contributed by atoms with van der Waals surface area (Å²) in [5, 5.41) is 12.5. The first-order valence-electron chi connectivity index (χ1n) is 6.15. The van der Waals surface area contributed by atoms with Gasteiger partial charge in [0.25, 0.3) is 0 Å². The quantitative estimate of drug-likeness (QED) is 0.884. The van der Waals surface area contributed by atoms with Crippen molar-refractivity contribution in [1.82, 2.24) is 0 Å². The average Bonchev–Trinajstić information content (AvgIpc) is 2.88. The number of nitriles is 1. The van der Waals surface area contributed by atoms with Crippen molar-refractivity contribution in [3.63, 3.8) is 0 Å². The normalized spacial score (nSPS) is 16.6. The molecule has 1 fully saturated rings. The van der Waals surface area contributed by atoms with Crippen LogP contribution in [0.1, 0.15) is 19.3 Å². The fraction of sp³-hybridized carbons (Fsp3) is 0.267. The van der Waals surface area contributed by atoms with Gasteiger partial charge in [-0.15, -0.1) is 0 Å². The molecule has 1 aliphatic rings. The zero-order chi connectivity index (χ0) is 12.4. The number of nitrogens with one attached hydrogen (secondary N) is 1. The van der Waals surface area contributed by atoms with Crippen LogP contribution in [0.2, 0.25) is 0 Å².